The predicted octanol–water partition coefficient (Wildman–Crippen LogP) is 1.91. The molecule has 22 heavy (non-hydrogen) atoms. The standard InChI is InChI=1S/C17H24N4O/c1-3-7-20-8-10-21(11-9-20)14(2)17(22)19-16-6-4-5-15(12-16)13-18/h4-6,12,14H,3,7-11H2,1-2H3,(H,19,22). The summed E-state index contributed by atoms with van der Waals surface area (Å²) in [5.41, 5.74) is 1.24. The van der Waals surface area contributed by atoms with Gasteiger partial charge in [-0.25, -0.2) is 0 Å². The predicted molar refractivity (Wildman–Crippen MR) is 87.6 cm³/mol. The second-order valence-electron chi connectivity index (χ2n) is 5.74. The van der Waals surface area contributed by atoms with Crippen molar-refractivity contribution in [1.82, 2.24) is 9.80 Å². The van der Waals surface area contributed by atoms with Gasteiger partial charge in [0.1, 0.15) is 0 Å². The lowest BCUT2D eigenvalue weighted by atomic mass is 10.2. The minimum Gasteiger partial charge on any atom is -0.325 e. The van der Waals surface area contributed by atoms with Crippen molar-refractivity contribution >= 4 is 11.6 Å². The van der Waals surface area contributed by atoms with Crippen LogP contribution in [0.5, 0.6) is 0 Å². The zero-order valence-corrected chi connectivity index (χ0v) is 13.4. The molecule has 1 aromatic rings. The second kappa shape index (κ2) is 7.92. The lowest BCUT2D eigenvalue weighted by Crippen LogP contribution is -2.52. The van der Waals surface area contributed by atoms with E-state index in [2.05, 4.69) is 28.1 Å². The number of anilines is 1. The number of benzene rings is 1. The molecular weight excluding hydrogens is 276 g/mol. The van der Waals surface area contributed by atoms with Gasteiger partial charge in [-0.2, -0.15) is 5.26 Å². The summed E-state index contributed by atoms with van der Waals surface area (Å²) in [7, 11) is 0. The fourth-order valence-electron chi connectivity index (χ4n) is 2.77. The van der Waals surface area contributed by atoms with Gasteiger partial charge in [0.05, 0.1) is 17.7 Å². The van der Waals surface area contributed by atoms with Gasteiger partial charge >= 0.3 is 0 Å². The Bertz CT molecular complexity index is 544. The monoisotopic (exact) mass is 300 g/mol. The van der Waals surface area contributed by atoms with E-state index < -0.39 is 0 Å². The third kappa shape index (κ3) is 4.30. The van der Waals surface area contributed by atoms with Gasteiger partial charge in [-0.3, -0.25) is 9.69 Å². The summed E-state index contributed by atoms with van der Waals surface area (Å²) < 4.78 is 0. The molecule has 1 unspecified atom stereocenters. The Hall–Kier alpha value is -1.90. The lowest BCUT2D eigenvalue weighted by molar-refractivity contribution is -0.121. The topological polar surface area (TPSA) is 59.4 Å². The van der Waals surface area contributed by atoms with E-state index in [0.29, 0.717) is 11.3 Å². The van der Waals surface area contributed by atoms with Crippen LogP contribution in [0.1, 0.15) is 25.8 Å². The highest BCUT2D eigenvalue weighted by Gasteiger charge is 2.25. The van der Waals surface area contributed by atoms with Gasteiger partial charge in [0, 0.05) is 31.9 Å². The zero-order chi connectivity index (χ0) is 15.9. The first-order chi connectivity index (χ1) is 10.6. The molecule has 1 aliphatic heterocycles. The van der Waals surface area contributed by atoms with Crippen molar-refractivity contribution in [3.8, 4) is 6.07 Å². The summed E-state index contributed by atoms with van der Waals surface area (Å²) in [6, 6.07) is 8.94. The molecule has 0 aromatic heterocycles. The van der Waals surface area contributed by atoms with Gasteiger partial charge in [-0.05, 0) is 38.1 Å². The first-order valence-electron chi connectivity index (χ1n) is 7.91. The normalized spacial score (nSPS) is 17.7. The van der Waals surface area contributed by atoms with Crippen LogP contribution >= 0.6 is 0 Å². The maximum Gasteiger partial charge on any atom is 0.241 e. The van der Waals surface area contributed by atoms with Crippen LogP contribution in [0.15, 0.2) is 24.3 Å². The molecule has 0 radical (unpaired) electrons. The molecule has 1 saturated heterocycles. The number of carbonyl (C=O) groups excluding carboxylic acids is 1. The fourth-order valence-corrected chi connectivity index (χ4v) is 2.77. The van der Waals surface area contributed by atoms with Gasteiger partial charge in [0.15, 0.2) is 0 Å². The van der Waals surface area contributed by atoms with Crippen LogP contribution in [-0.4, -0.2) is 54.5 Å². The summed E-state index contributed by atoms with van der Waals surface area (Å²) in [5, 5.41) is 11.8. The number of hydrogen-bond acceptors (Lipinski definition) is 4. The number of rotatable bonds is 5. The highest BCUT2D eigenvalue weighted by atomic mass is 16.2. The molecule has 1 fully saturated rings. The number of amides is 1. The van der Waals surface area contributed by atoms with E-state index in [1.807, 2.05) is 13.0 Å². The third-order valence-electron chi connectivity index (χ3n) is 4.13. The van der Waals surface area contributed by atoms with Crippen molar-refractivity contribution in [2.45, 2.75) is 26.3 Å². The largest absolute Gasteiger partial charge is 0.325 e. The summed E-state index contributed by atoms with van der Waals surface area (Å²) in [6.45, 7) is 9.16. The van der Waals surface area contributed by atoms with E-state index >= 15 is 0 Å². The Labute approximate surface area is 132 Å². The van der Waals surface area contributed by atoms with Crippen LogP contribution in [0.2, 0.25) is 0 Å². The molecule has 5 nitrogen and oxygen atoms in total. The van der Waals surface area contributed by atoms with Gasteiger partial charge < -0.3 is 10.2 Å². The SMILES string of the molecule is CCCN1CCN(C(C)C(=O)Nc2cccc(C#N)c2)CC1. The lowest BCUT2D eigenvalue weighted by Gasteiger charge is -2.37. The molecular formula is C17H24N4O. The molecule has 1 aromatic carbocycles. The number of nitrogens with one attached hydrogen (secondary N) is 1. The molecule has 1 amide bonds. The van der Waals surface area contributed by atoms with Gasteiger partial charge in [0.2, 0.25) is 5.91 Å². The summed E-state index contributed by atoms with van der Waals surface area (Å²) in [5.74, 6) is -0.0148. The molecule has 1 heterocycles. The molecule has 5 heteroatoms. The van der Waals surface area contributed by atoms with E-state index in [1.54, 1.807) is 18.2 Å². The van der Waals surface area contributed by atoms with Crippen molar-refractivity contribution < 1.29 is 4.79 Å². The minimum atomic E-state index is -0.158. The summed E-state index contributed by atoms with van der Waals surface area (Å²) in [4.78, 5) is 17.0. The average molecular weight is 300 g/mol. The van der Waals surface area contributed by atoms with Crippen LogP contribution in [0.4, 0.5) is 5.69 Å². The molecule has 0 aliphatic carbocycles. The van der Waals surface area contributed by atoms with E-state index in [-0.39, 0.29) is 11.9 Å². The number of carbonyl (C=O) groups is 1. The molecule has 1 aliphatic rings. The number of piperazine rings is 1. The molecule has 118 valence electrons. The first-order valence-corrected chi connectivity index (χ1v) is 7.91. The van der Waals surface area contributed by atoms with Gasteiger partial charge in [0.25, 0.3) is 0 Å². The van der Waals surface area contributed by atoms with Crippen molar-refractivity contribution in [1.29, 1.82) is 5.26 Å². The van der Waals surface area contributed by atoms with Crippen molar-refractivity contribution in [2.24, 2.45) is 0 Å². The van der Waals surface area contributed by atoms with Gasteiger partial charge in [-0.15, -0.1) is 0 Å². The summed E-state index contributed by atoms with van der Waals surface area (Å²) in [6.07, 6.45) is 1.17. The maximum atomic E-state index is 12.4. The van der Waals surface area contributed by atoms with Crippen LogP contribution < -0.4 is 5.32 Å². The zero-order valence-electron chi connectivity index (χ0n) is 13.4. The molecule has 0 bridgehead atoms. The second-order valence-corrected chi connectivity index (χ2v) is 5.74. The van der Waals surface area contributed by atoms with Crippen molar-refractivity contribution in [3.63, 3.8) is 0 Å². The Kier molecular flexibility index (Phi) is 5.93. The Morgan fingerprint density at radius 2 is 2.09 bits per heavy atom. The minimum absolute atomic E-state index is 0.0148. The van der Waals surface area contributed by atoms with Crippen molar-refractivity contribution in [3.05, 3.63) is 29.8 Å². The quantitative estimate of drug-likeness (QED) is 0.902. The van der Waals surface area contributed by atoms with Crippen LogP contribution in [0, 0.1) is 11.3 Å². The summed E-state index contributed by atoms with van der Waals surface area (Å²) >= 11 is 0. The molecule has 1 N–H and O–H groups in total. The van der Waals surface area contributed by atoms with Gasteiger partial charge in [-0.1, -0.05) is 13.0 Å². The average Bonchev–Trinajstić information content (AvgIpc) is 2.55. The van der Waals surface area contributed by atoms with Crippen LogP contribution in [-0.2, 0) is 4.79 Å². The fraction of sp³-hybridized carbons (Fsp3) is 0.529. The van der Waals surface area contributed by atoms with Crippen LogP contribution in [0.25, 0.3) is 0 Å². The Morgan fingerprint density at radius 1 is 1.36 bits per heavy atom. The van der Waals surface area contributed by atoms with E-state index in [9.17, 15) is 4.79 Å². The molecule has 0 saturated carbocycles. The van der Waals surface area contributed by atoms with E-state index in [4.69, 9.17) is 5.26 Å². The smallest absolute Gasteiger partial charge is 0.241 e. The number of nitrogens with zero attached hydrogens (tertiary/aromatic N) is 3. The van der Waals surface area contributed by atoms with Crippen molar-refractivity contribution in [2.75, 3.05) is 38.0 Å². The maximum absolute atomic E-state index is 12.4. The highest BCUT2D eigenvalue weighted by Crippen LogP contribution is 2.12. The highest BCUT2D eigenvalue weighted by molar-refractivity contribution is 5.94. The Balaban J connectivity index is 1.88. The molecule has 0 spiro atoms. The molecule has 2 rings (SSSR count). The van der Waals surface area contributed by atoms with E-state index in [0.717, 1.165) is 32.7 Å². The number of hydrogen-bond donors (Lipinski definition) is 1. The molecule has 1 atom stereocenters. The number of nitriles is 1. The Morgan fingerprint density at radius 3 is 2.73 bits per heavy atom. The van der Waals surface area contributed by atoms with Crippen LogP contribution in [0.3, 0.4) is 0 Å². The van der Waals surface area contributed by atoms with E-state index in [1.165, 1.54) is 6.42 Å². The first kappa shape index (κ1) is 16.5. The third-order valence-corrected chi connectivity index (χ3v) is 4.13.